The molecule has 1 fully saturated rings. The van der Waals surface area contributed by atoms with Crippen molar-refractivity contribution in [3.05, 3.63) is 30.6 Å². The van der Waals surface area contributed by atoms with Crippen molar-refractivity contribution < 1.29 is 0 Å². The van der Waals surface area contributed by atoms with Crippen molar-refractivity contribution in [1.29, 1.82) is 0 Å². The Morgan fingerprint density at radius 1 is 1.24 bits per heavy atom. The van der Waals surface area contributed by atoms with Gasteiger partial charge in [-0.1, -0.05) is 19.3 Å². The molecule has 3 rings (SSSR count). The minimum atomic E-state index is 0.605. The van der Waals surface area contributed by atoms with Crippen LogP contribution in [-0.4, -0.2) is 24.5 Å². The highest BCUT2D eigenvalue weighted by Gasteiger charge is 2.15. The summed E-state index contributed by atoms with van der Waals surface area (Å²) in [6.45, 7) is 0.708. The molecular weight excluding hydrogens is 214 g/mol. The zero-order valence-electron chi connectivity index (χ0n) is 9.87. The van der Waals surface area contributed by atoms with Gasteiger partial charge < -0.3 is 0 Å². The standard InChI is InChI=1S/C12H17N5/c1-2-4-12(5-3-1)17-7-6-11(15-17)8-16-10-13-9-14-16/h6-7,9-10,12H,1-5,8H2. The molecular formula is C12H17N5. The zero-order chi connectivity index (χ0) is 11.5. The third kappa shape index (κ3) is 2.38. The van der Waals surface area contributed by atoms with Crippen LogP contribution in [0.3, 0.4) is 0 Å². The summed E-state index contributed by atoms with van der Waals surface area (Å²) >= 11 is 0. The Kier molecular flexibility index (Phi) is 2.90. The Balaban J connectivity index is 1.69. The van der Waals surface area contributed by atoms with Crippen molar-refractivity contribution >= 4 is 0 Å². The van der Waals surface area contributed by atoms with E-state index in [1.54, 1.807) is 17.3 Å². The van der Waals surface area contributed by atoms with Gasteiger partial charge in [-0.2, -0.15) is 10.2 Å². The summed E-state index contributed by atoms with van der Waals surface area (Å²) in [7, 11) is 0. The predicted octanol–water partition coefficient (Wildman–Crippen LogP) is 2.03. The van der Waals surface area contributed by atoms with E-state index >= 15 is 0 Å². The summed E-state index contributed by atoms with van der Waals surface area (Å²) in [5.74, 6) is 0. The van der Waals surface area contributed by atoms with E-state index < -0.39 is 0 Å². The van der Waals surface area contributed by atoms with Crippen LogP contribution in [0.25, 0.3) is 0 Å². The first-order chi connectivity index (χ1) is 8.42. The topological polar surface area (TPSA) is 48.5 Å². The third-order valence-electron chi connectivity index (χ3n) is 3.40. The average Bonchev–Trinajstić information content (AvgIpc) is 3.02. The van der Waals surface area contributed by atoms with Crippen LogP contribution in [0.4, 0.5) is 0 Å². The first-order valence-electron chi connectivity index (χ1n) is 6.28. The Hall–Kier alpha value is -1.65. The molecule has 0 saturated heterocycles. The molecule has 0 atom stereocenters. The van der Waals surface area contributed by atoms with E-state index in [-0.39, 0.29) is 0 Å². The molecule has 0 spiro atoms. The van der Waals surface area contributed by atoms with Crippen LogP contribution in [0.2, 0.25) is 0 Å². The fraction of sp³-hybridized carbons (Fsp3) is 0.583. The fourth-order valence-electron chi connectivity index (χ4n) is 2.49. The maximum absolute atomic E-state index is 4.64. The van der Waals surface area contributed by atoms with Crippen LogP contribution < -0.4 is 0 Å². The summed E-state index contributed by atoms with van der Waals surface area (Å²) in [4.78, 5) is 3.93. The first-order valence-corrected chi connectivity index (χ1v) is 6.28. The lowest BCUT2D eigenvalue weighted by Crippen LogP contribution is -2.13. The molecule has 0 aliphatic heterocycles. The average molecular weight is 231 g/mol. The van der Waals surface area contributed by atoms with Crippen molar-refractivity contribution in [3.63, 3.8) is 0 Å². The molecule has 0 radical (unpaired) electrons. The molecule has 5 heteroatoms. The zero-order valence-corrected chi connectivity index (χ0v) is 9.87. The second kappa shape index (κ2) is 4.69. The van der Waals surface area contributed by atoms with Crippen LogP contribution in [-0.2, 0) is 6.54 Å². The molecule has 5 nitrogen and oxygen atoms in total. The van der Waals surface area contributed by atoms with E-state index in [1.165, 1.54) is 32.1 Å². The van der Waals surface area contributed by atoms with E-state index in [0.717, 1.165) is 5.69 Å². The SMILES string of the molecule is c1ncn(Cc2ccn(C3CCCCC3)n2)n1. The smallest absolute Gasteiger partial charge is 0.137 e. The predicted molar refractivity (Wildman–Crippen MR) is 63.5 cm³/mol. The number of rotatable bonds is 3. The molecule has 0 aromatic carbocycles. The molecule has 1 aliphatic rings. The van der Waals surface area contributed by atoms with Crippen molar-refractivity contribution in [1.82, 2.24) is 24.5 Å². The van der Waals surface area contributed by atoms with Gasteiger partial charge in [-0.3, -0.25) is 4.68 Å². The molecule has 2 heterocycles. The summed E-state index contributed by atoms with van der Waals surface area (Å²) in [5.41, 5.74) is 1.06. The van der Waals surface area contributed by atoms with Crippen molar-refractivity contribution in [2.75, 3.05) is 0 Å². The Morgan fingerprint density at radius 2 is 2.12 bits per heavy atom. The highest BCUT2D eigenvalue weighted by Crippen LogP contribution is 2.27. The van der Waals surface area contributed by atoms with Gasteiger partial charge in [0.15, 0.2) is 0 Å². The van der Waals surface area contributed by atoms with Gasteiger partial charge in [0.2, 0.25) is 0 Å². The van der Waals surface area contributed by atoms with Gasteiger partial charge in [0.1, 0.15) is 12.7 Å². The minimum Gasteiger partial charge on any atom is -0.269 e. The molecule has 17 heavy (non-hydrogen) atoms. The Bertz CT molecular complexity index is 453. The molecule has 1 saturated carbocycles. The van der Waals surface area contributed by atoms with Gasteiger partial charge in [0.25, 0.3) is 0 Å². The lowest BCUT2D eigenvalue weighted by molar-refractivity contribution is 0.327. The monoisotopic (exact) mass is 231 g/mol. The quantitative estimate of drug-likeness (QED) is 0.812. The van der Waals surface area contributed by atoms with E-state index in [2.05, 4.69) is 32.1 Å². The van der Waals surface area contributed by atoms with E-state index in [1.807, 2.05) is 0 Å². The van der Waals surface area contributed by atoms with Crippen molar-refractivity contribution in [2.24, 2.45) is 0 Å². The lowest BCUT2D eigenvalue weighted by atomic mass is 9.96. The van der Waals surface area contributed by atoms with Gasteiger partial charge in [-0.25, -0.2) is 9.67 Å². The van der Waals surface area contributed by atoms with Crippen LogP contribution in [0, 0.1) is 0 Å². The second-order valence-electron chi connectivity index (χ2n) is 4.67. The van der Waals surface area contributed by atoms with Gasteiger partial charge in [-0.15, -0.1) is 0 Å². The molecule has 0 bridgehead atoms. The molecule has 2 aromatic heterocycles. The van der Waals surface area contributed by atoms with E-state index in [0.29, 0.717) is 12.6 Å². The van der Waals surface area contributed by atoms with Gasteiger partial charge in [0.05, 0.1) is 18.3 Å². The highest BCUT2D eigenvalue weighted by molar-refractivity contribution is 5.00. The maximum atomic E-state index is 4.64. The highest BCUT2D eigenvalue weighted by atomic mass is 15.3. The van der Waals surface area contributed by atoms with Crippen LogP contribution in [0.5, 0.6) is 0 Å². The van der Waals surface area contributed by atoms with E-state index in [4.69, 9.17) is 0 Å². The second-order valence-corrected chi connectivity index (χ2v) is 4.67. The number of hydrogen-bond donors (Lipinski definition) is 0. The summed E-state index contributed by atoms with van der Waals surface area (Å²) in [6.07, 6.45) is 12.0. The number of nitrogens with zero attached hydrogens (tertiary/aromatic N) is 5. The minimum absolute atomic E-state index is 0.605. The molecule has 2 aromatic rings. The molecule has 0 N–H and O–H groups in total. The van der Waals surface area contributed by atoms with Gasteiger partial charge in [0, 0.05) is 6.20 Å². The first kappa shape index (κ1) is 10.5. The van der Waals surface area contributed by atoms with Crippen molar-refractivity contribution in [2.45, 2.75) is 44.7 Å². The molecule has 0 amide bonds. The Labute approximate surface area is 100 Å². The molecule has 90 valence electrons. The van der Waals surface area contributed by atoms with E-state index in [9.17, 15) is 0 Å². The van der Waals surface area contributed by atoms with Crippen LogP contribution in [0.1, 0.15) is 43.8 Å². The fourth-order valence-corrected chi connectivity index (χ4v) is 2.49. The Morgan fingerprint density at radius 3 is 2.88 bits per heavy atom. The third-order valence-corrected chi connectivity index (χ3v) is 3.40. The van der Waals surface area contributed by atoms with Gasteiger partial charge >= 0.3 is 0 Å². The normalized spacial score (nSPS) is 17.4. The van der Waals surface area contributed by atoms with Gasteiger partial charge in [-0.05, 0) is 18.9 Å². The largest absolute Gasteiger partial charge is 0.269 e. The molecule has 1 aliphatic carbocycles. The van der Waals surface area contributed by atoms with Crippen LogP contribution in [0.15, 0.2) is 24.9 Å². The number of aromatic nitrogens is 5. The summed E-state index contributed by atoms with van der Waals surface area (Å²) in [6, 6.07) is 2.68. The number of hydrogen-bond acceptors (Lipinski definition) is 3. The summed E-state index contributed by atoms with van der Waals surface area (Å²) in [5, 5.41) is 8.73. The maximum Gasteiger partial charge on any atom is 0.137 e. The van der Waals surface area contributed by atoms with Crippen molar-refractivity contribution in [3.8, 4) is 0 Å². The van der Waals surface area contributed by atoms with Crippen LogP contribution >= 0.6 is 0 Å². The molecule has 0 unspecified atom stereocenters. The summed E-state index contributed by atoms with van der Waals surface area (Å²) < 4.78 is 3.93. The lowest BCUT2D eigenvalue weighted by Gasteiger charge is -2.21.